The molecule has 2 rings (SSSR count). The maximum atomic E-state index is 11.7. The first-order valence-corrected chi connectivity index (χ1v) is 6.97. The molecule has 21 heavy (non-hydrogen) atoms. The molecule has 0 aromatic heterocycles. The Hall–Kier alpha value is -2.55. The number of carbonyl (C=O) groups excluding carboxylic acids is 1. The lowest BCUT2D eigenvalue weighted by Gasteiger charge is -2.07. The number of hydrogen-bond acceptors (Lipinski definition) is 1. The van der Waals surface area contributed by atoms with E-state index in [1.165, 1.54) is 11.1 Å². The predicted molar refractivity (Wildman–Crippen MR) is 86.8 cm³/mol. The Morgan fingerprint density at radius 1 is 1.10 bits per heavy atom. The van der Waals surface area contributed by atoms with Crippen molar-refractivity contribution < 1.29 is 4.79 Å². The van der Waals surface area contributed by atoms with Crippen LogP contribution in [0.5, 0.6) is 0 Å². The molecule has 2 aromatic rings. The SMILES string of the molecule is Cc1cccc(/C=C/NC(=O)NCc2ccccc2C)c1. The molecule has 0 aliphatic heterocycles. The molecule has 3 heteroatoms. The van der Waals surface area contributed by atoms with Crippen LogP contribution in [-0.2, 0) is 6.54 Å². The largest absolute Gasteiger partial charge is 0.334 e. The van der Waals surface area contributed by atoms with Gasteiger partial charge in [0.2, 0.25) is 0 Å². The Kier molecular flexibility index (Phi) is 5.16. The number of benzene rings is 2. The average molecular weight is 280 g/mol. The number of amides is 2. The van der Waals surface area contributed by atoms with Crippen molar-refractivity contribution in [3.63, 3.8) is 0 Å². The normalized spacial score (nSPS) is 10.6. The molecule has 2 aromatic carbocycles. The Morgan fingerprint density at radius 3 is 2.67 bits per heavy atom. The van der Waals surface area contributed by atoms with Crippen molar-refractivity contribution >= 4 is 12.1 Å². The van der Waals surface area contributed by atoms with Crippen molar-refractivity contribution in [3.8, 4) is 0 Å². The fourth-order valence-corrected chi connectivity index (χ4v) is 2.02. The molecule has 0 aliphatic rings. The average Bonchev–Trinajstić information content (AvgIpc) is 2.46. The predicted octanol–water partition coefficient (Wildman–Crippen LogP) is 3.77. The molecule has 0 saturated heterocycles. The number of rotatable bonds is 4. The fraction of sp³-hybridized carbons (Fsp3) is 0.167. The van der Waals surface area contributed by atoms with Crippen LogP contribution in [0.4, 0.5) is 4.79 Å². The molecule has 0 aliphatic carbocycles. The molecule has 0 radical (unpaired) electrons. The van der Waals surface area contributed by atoms with E-state index < -0.39 is 0 Å². The second-order valence-electron chi connectivity index (χ2n) is 5.00. The molecule has 108 valence electrons. The first-order chi connectivity index (χ1) is 10.1. The molecule has 0 saturated carbocycles. The summed E-state index contributed by atoms with van der Waals surface area (Å²) in [5, 5.41) is 5.55. The van der Waals surface area contributed by atoms with Crippen LogP contribution in [0.25, 0.3) is 6.08 Å². The Labute approximate surface area is 125 Å². The third-order valence-electron chi connectivity index (χ3n) is 3.23. The lowest BCUT2D eigenvalue weighted by molar-refractivity contribution is 0.244. The van der Waals surface area contributed by atoms with Crippen LogP contribution in [-0.4, -0.2) is 6.03 Å². The van der Waals surface area contributed by atoms with Crippen LogP contribution in [0, 0.1) is 13.8 Å². The van der Waals surface area contributed by atoms with E-state index in [2.05, 4.69) is 16.7 Å². The molecule has 0 heterocycles. The number of carbonyl (C=O) groups is 1. The van der Waals surface area contributed by atoms with Crippen molar-refractivity contribution in [1.82, 2.24) is 10.6 Å². The van der Waals surface area contributed by atoms with Gasteiger partial charge in [0.05, 0.1) is 0 Å². The molecule has 0 bridgehead atoms. The molecule has 0 fully saturated rings. The Balaban J connectivity index is 1.81. The van der Waals surface area contributed by atoms with Crippen molar-refractivity contribution in [2.45, 2.75) is 20.4 Å². The van der Waals surface area contributed by atoms with Gasteiger partial charge in [0.15, 0.2) is 0 Å². The highest BCUT2D eigenvalue weighted by atomic mass is 16.2. The molecular formula is C18H20N2O. The summed E-state index contributed by atoms with van der Waals surface area (Å²) in [6, 6.07) is 15.9. The first kappa shape index (κ1) is 14.9. The minimum Gasteiger partial charge on any atom is -0.334 e. The van der Waals surface area contributed by atoms with E-state index in [9.17, 15) is 4.79 Å². The highest BCUT2D eigenvalue weighted by Crippen LogP contribution is 2.06. The first-order valence-electron chi connectivity index (χ1n) is 6.97. The van der Waals surface area contributed by atoms with Crippen molar-refractivity contribution in [2.75, 3.05) is 0 Å². The highest BCUT2D eigenvalue weighted by molar-refractivity contribution is 5.75. The molecule has 2 amide bonds. The van der Waals surface area contributed by atoms with Gasteiger partial charge in [0, 0.05) is 12.7 Å². The zero-order valence-corrected chi connectivity index (χ0v) is 12.4. The summed E-state index contributed by atoms with van der Waals surface area (Å²) < 4.78 is 0. The van der Waals surface area contributed by atoms with Gasteiger partial charge in [-0.3, -0.25) is 0 Å². The zero-order chi connectivity index (χ0) is 15.1. The summed E-state index contributed by atoms with van der Waals surface area (Å²) in [5.74, 6) is 0. The minimum atomic E-state index is -0.206. The highest BCUT2D eigenvalue weighted by Gasteiger charge is 2.00. The second-order valence-corrected chi connectivity index (χ2v) is 5.00. The van der Waals surface area contributed by atoms with E-state index in [-0.39, 0.29) is 6.03 Å². The van der Waals surface area contributed by atoms with Crippen LogP contribution < -0.4 is 10.6 Å². The topological polar surface area (TPSA) is 41.1 Å². The quantitative estimate of drug-likeness (QED) is 0.879. The molecule has 0 spiro atoms. The van der Waals surface area contributed by atoms with Gasteiger partial charge in [0.1, 0.15) is 0 Å². The van der Waals surface area contributed by atoms with Crippen LogP contribution >= 0.6 is 0 Å². The maximum Gasteiger partial charge on any atom is 0.319 e. The molecular weight excluding hydrogens is 260 g/mol. The standard InChI is InChI=1S/C18H20N2O/c1-14-6-5-8-16(12-14)10-11-19-18(21)20-13-17-9-4-3-7-15(17)2/h3-12H,13H2,1-2H3,(H2,19,20,21)/b11-10+. The van der Waals surface area contributed by atoms with Crippen LogP contribution in [0.2, 0.25) is 0 Å². The van der Waals surface area contributed by atoms with Gasteiger partial charge < -0.3 is 10.6 Å². The third kappa shape index (κ3) is 4.80. The Bertz CT molecular complexity index is 647. The van der Waals surface area contributed by atoms with E-state index in [1.54, 1.807) is 6.20 Å². The van der Waals surface area contributed by atoms with Crippen molar-refractivity contribution in [3.05, 3.63) is 77.0 Å². The van der Waals surface area contributed by atoms with Crippen LogP contribution in [0.15, 0.2) is 54.7 Å². The summed E-state index contributed by atoms with van der Waals surface area (Å²) in [6.07, 6.45) is 3.53. The van der Waals surface area contributed by atoms with E-state index >= 15 is 0 Å². The van der Waals surface area contributed by atoms with Gasteiger partial charge in [-0.25, -0.2) is 4.79 Å². The smallest absolute Gasteiger partial charge is 0.319 e. The third-order valence-corrected chi connectivity index (χ3v) is 3.23. The van der Waals surface area contributed by atoms with E-state index in [0.29, 0.717) is 6.54 Å². The lowest BCUT2D eigenvalue weighted by Crippen LogP contribution is -2.31. The zero-order valence-electron chi connectivity index (χ0n) is 12.4. The van der Waals surface area contributed by atoms with Crippen molar-refractivity contribution in [2.24, 2.45) is 0 Å². The van der Waals surface area contributed by atoms with Crippen LogP contribution in [0.1, 0.15) is 22.3 Å². The van der Waals surface area contributed by atoms with Gasteiger partial charge in [0.25, 0.3) is 0 Å². The molecule has 3 nitrogen and oxygen atoms in total. The minimum absolute atomic E-state index is 0.206. The fourth-order valence-electron chi connectivity index (χ4n) is 2.02. The summed E-state index contributed by atoms with van der Waals surface area (Å²) in [6.45, 7) is 4.60. The maximum absolute atomic E-state index is 11.7. The summed E-state index contributed by atoms with van der Waals surface area (Å²) in [5.41, 5.74) is 4.55. The van der Waals surface area contributed by atoms with Gasteiger partial charge >= 0.3 is 6.03 Å². The number of hydrogen-bond donors (Lipinski definition) is 2. The van der Waals surface area contributed by atoms with Gasteiger partial charge in [-0.15, -0.1) is 0 Å². The van der Waals surface area contributed by atoms with Crippen LogP contribution in [0.3, 0.4) is 0 Å². The number of nitrogens with one attached hydrogen (secondary N) is 2. The second kappa shape index (κ2) is 7.29. The van der Waals surface area contributed by atoms with E-state index in [4.69, 9.17) is 0 Å². The summed E-state index contributed by atoms with van der Waals surface area (Å²) in [7, 11) is 0. The summed E-state index contributed by atoms with van der Waals surface area (Å²) in [4.78, 5) is 11.7. The number of aryl methyl sites for hydroxylation is 2. The van der Waals surface area contributed by atoms with Gasteiger partial charge in [-0.1, -0.05) is 54.1 Å². The van der Waals surface area contributed by atoms with Crippen molar-refractivity contribution in [1.29, 1.82) is 0 Å². The van der Waals surface area contributed by atoms with E-state index in [1.807, 2.05) is 62.4 Å². The molecule has 0 unspecified atom stereocenters. The molecule has 2 N–H and O–H groups in total. The van der Waals surface area contributed by atoms with Gasteiger partial charge in [-0.2, -0.15) is 0 Å². The van der Waals surface area contributed by atoms with E-state index in [0.717, 1.165) is 11.1 Å². The number of urea groups is 1. The summed E-state index contributed by atoms with van der Waals surface area (Å²) >= 11 is 0. The monoisotopic (exact) mass is 280 g/mol. The lowest BCUT2D eigenvalue weighted by atomic mass is 10.1. The Morgan fingerprint density at radius 2 is 1.90 bits per heavy atom. The van der Waals surface area contributed by atoms with Gasteiger partial charge in [-0.05, 0) is 36.6 Å². The molecule has 0 atom stereocenters.